The molecule has 0 spiro atoms. The first-order chi connectivity index (χ1) is 15.9. The molecule has 2 heterocycles. The second-order valence-corrected chi connectivity index (χ2v) is 8.88. The second kappa shape index (κ2) is 9.90. The molecule has 1 aliphatic rings. The summed E-state index contributed by atoms with van der Waals surface area (Å²) in [6.45, 7) is 4.08. The van der Waals surface area contributed by atoms with Gasteiger partial charge in [0.25, 0.3) is 17.6 Å². The number of nitrogens with zero attached hydrogens (tertiary/aromatic N) is 3. The molecule has 2 aromatic rings. The zero-order valence-corrected chi connectivity index (χ0v) is 19.6. The fraction of sp³-hybridized carbons (Fsp3) is 0.333. The molecule has 1 aliphatic heterocycles. The van der Waals surface area contributed by atoms with Gasteiger partial charge in [0, 0.05) is 38.8 Å². The first kappa shape index (κ1) is 25.3. The summed E-state index contributed by atoms with van der Waals surface area (Å²) in [5, 5.41) is 20.9. The minimum atomic E-state index is -1.17. The minimum absolute atomic E-state index is 0.0636. The van der Waals surface area contributed by atoms with E-state index in [1.807, 2.05) is 0 Å². The summed E-state index contributed by atoms with van der Waals surface area (Å²) in [5.41, 5.74) is -0.330. The van der Waals surface area contributed by atoms with Crippen LogP contribution in [0, 0.1) is 5.82 Å². The summed E-state index contributed by atoms with van der Waals surface area (Å²) in [5.74, 6) is -3.85. The number of likely N-dealkylation sites (tertiary alicyclic amines) is 1. The van der Waals surface area contributed by atoms with Gasteiger partial charge in [0.05, 0.1) is 16.5 Å². The summed E-state index contributed by atoms with van der Waals surface area (Å²) in [4.78, 5) is 43.7. The summed E-state index contributed by atoms with van der Waals surface area (Å²) in [7, 11) is 2.72. The van der Waals surface area contributed by atoms with Crippen LogP contribution in [-0.4, -0.2) is 75.4 Å². The maximum atomic E-state index is 13.1. The third-order valence-electron chi connectivity index (χ3n) is 5.78. The second-order valence-electron chi connectivity index (χ2n) is 8.52. The van der Waals surface area contributed by atoms with Crippen molar-refractivity contribution in [1.82, 2.24) is 14.8 Å². The Bertz CT molecular complexity index is 1240. The lowest BCUT2D eigenvalue weighted by Gasteiger charge is -2.38. The van der Waals surface area contributed by atoms with E-state index in [9.17, 15) is 29.0 Å². The number of carbonyl (C=O) groups is 3. The van der Waals surface area contributed by atoms with Gasteiger partial charge in [-0.1, -0.05) is 30.3 Å². The molecule has 1 aromatic carbocycles. The van der Waals surface area contributed by atoms with Crippen LogP contribution in [0.3, 0.4) is 0 Å². The van der Waals surface area contributed by atoms with Crippen LogP contribution in [0.5, 0.6) is 0 Å². The van der Waals surface area contributed by atoms with E-state index >= 15 is 0 Å². The summed E-state index contributed by atoms with van der Waals surface area (Å²) < 4.78 is 13.1. The number of carbonyl (C=O) groups excluding carboxylic acids is 3. The van der Waals surface area contributed by atoms with Crippen LogP contribution in [0.2, 0.25) is 5.15 Å². The van der Waals surface area contributed by atoms with E-state index in [0.29, 0.717) is 6.42 Å². The normalized spacial score (nSPS) is 16.1. The number of halogens is 2. The topological polar surface area (TPSA) is 111 Å². The average Bonchev–Trinajstić information content (AvgIpc) is 2.79. The van der Waals surface area contributed by atoms with Gasteiger partial charge in [-0.3, -0.25) is 14.4 Å². The minimum Gasteiger partial charge on any atom is -0.504 e. The molecule has 0 unspecified atom stereocenters. The third-order valence-corrected chi connectivity index (χ3v) is 6.07. The van der Waals surface area contributed by atoms with Crippen molar-refractivity contribution in [2.75, 3.05) is 27.2 Å². The number of aliphatic hydroxyl groups excluding tert-OH is 1. The van der Waals surface area contributed by atoms with Crippen LogP contribution in [0.1, 0.15) is 28.8 Å². The lowest BCUT2D eigenvalue weighted by molar-refractivity contribution is -0.140. The maximum Gasteiger partial charge on any atom is 0.297 e. The Kier molecular flexibility index (Phi) is 7.38. The van der Waals surface area contributed by atoms with Crippen LogP contribution in [0.15, 0.2) is 30.3 Å². The monoisotopic (exact) mass is 489 g/mol. The van der Waals surface area contributed by atoms with Gasteiger partial charge in [-0.25, -0.2) is 9.37 Å². The Morgan fingerprint density at radius 3 is 2.35 bits per heavy atom. The number of rotatable bonds is 5. The molecular formula is C24H25ClFN3O5. The highest BCUT2D eigenvalue weighted by atomic mass is 35.5. The Morgan fingerprint density at radius 1 is 1.21 bits per heavy atom. The number of aromatic nitrogens is 1. The molecule has 180 valence electrons. The number of amides is 2. The van der Waals surface area contributed by atoms with Gasteiger partial charge in [-0.2, -0.15) is 0 Å². The van der Waals surface area contributed by atoms with Crippen LogP contribution in [-0.2, 0) is 16.0 Å². The van der Waals surface area contributed by atoms with Crippen molar-refractivity contribution in [3.63, 3.8) is 0 Å². The van der Waals surface area contributed by atoms with E-state index in [-0.39, 0.29) is 53.0 Å². The van der Waals surface area contributed by atoms with Gasteiger partial charge in [0.1, 0.15) is 11.0 Å². The van der Waals surface area contributed by atoms with Crippen LogP contribution in [0.25, 0.3) is 12.3 Å². The Hall–Kier alpha value is -3.30. The first-order valence-corrected chi connectivity index (χ1v) is 10.9. The van der Waals surface area contributed by atoms with Crippen molar-refractivity contribution < 1.29 is 29.0 Å². The van der Waals surface area contributed by atoms with Crippen molar-refractivity contribution in [3.8, 4) is 0 Å². The van der Waals surface area contributed by atoms with Crippen LogP contribution >= 0.6 is 11.6 Å². The number of benzene rings is 1. The fourth-order valence-electron chi connectivity index (χ4n) is 3.76. The van der Waals surface area contributed by atoms with Crippen molar-refractivity contribution in [3.05, 3.63) is 63.0 Å². The van der Waals surface area contributed by atoms with E-state index in [2.05, 4.69) is 11.6 Å². The molecule has 2 N–H and O–H groups in total. The average molecular weight is 490 g/mol. The van der Waals surface area contributed by atoms with Gasteiger partial charge in [-0.05, 0) is 36.6 Å². The molecule has 8 nitrogen and oxygen atoms in total. The van der Waals surface area contributed by atoms with Gasteiger partial charge >= 0.3 is 0 Å². The molecule has 0 atom stereocenters. The summed E-state index contributed by atoms with van der Waals surface area (Å²) >= 11 is 6.16. The molecule has 1 fully saturated rings. The Balaban J connectivity index is 1.81. The van der Waals surface area contributed by atoms with Gasteiger partial charge in [0.15, 0.2) is 5.76 Å². The van der Waals surface area contributed by atoms with E-state index in [1.165, 1.54) is 37.2 Å². The van der Waals surface area contributed by atoms with Crippen molar-refractivity contribution in [2.45, 2.75) is 24.9 Å². The van der Waals surface area contributed by atoms with E-state index < -0.39 is 29.0 Å². The van der Waals surface area contributed by atoms with Crippen LogP contribution < -0.4 is 10.6 Å². The SMILES string of the molecule is C=c1nc(Cl)c(C(=O)N2CCC(O)(Cc3ccc(F)cc3)CC2)c/c1=C(/O)C(=O)C(=O)N(C)C. The van der Waals surface area contributed by atoms with E-state index in [4.69, 9.17) is 11.6 Å². The predicted molar refractivity (Wildman–Crippen MR) is 124 cm³/mol. The van der Waals surface area contributed by atoms with E-state index in [0.717, 1.165) is 10.5 Å². The molecule has 10 heteroatoms. The number of aliphatic hydroxyl groups is 2. The Labute approximate surface area is 200 Å². The van der Waals surface area contributed by atoms with Gasteiger partial charge < -0.3 is 20.0 Å². The number of pyridine rings is 1. The number of ketones is 1. The first-order valence-electron chi connectivity index (χ1n) is 10.5. The summed E-state index contributed by atoms with van der Waals surface area (Å²) in [6.07, 6.45) is 0.895. The molecule has 0 saturated carbocycles. The van der Waals surface area contributed by atoms with Gasteiger partial charge in [0.2, 0.25) is 0 Å². The van der Waals surface area contributed by atoms with Crippen molar-refractivity contribution in [2.24, 2.45) is 0 Å². The van der Waals surface area contributed by atoms with Crippen molar-refractivity contribution >= 4 is 41.5 Å². The lowest BCUT2D eigenvalue weighted by atomic mass is 9.85. The zero-order chi connectivity index (χ0) is 25.2. The Morgan fingerprint density at radius 2 is 1.79 bits per heavy atom. The molecule has 1 saturated heterocycles. The fourth-order valence-corrected chi connectivity index (χ4v) is 4.00. The number of likely N-dealkylation sites (N-methyl/N-ethyl adjacent to an activating group) is 1. The quantitative estimate of drug-likeness (QED) is 0.475. The predicted octanol–water partition coefficient (Wildman–Crippen LogP) is 0.818. The van der Waals surface area contributed by atoms with Gasteiger partial charge in [-0.15, -0.1) is 0 Å². The number of Topliss-reactive ketones (excluding diaryl/α,β-unsaturated/α-hetero) is 1. The highest BCUT2D eigenvalue weighted by Gasteiger charge is 2.35. The molecule has 2 amide bonds. The maximum absolute atomic E-state index is 13.1. The number of hydrogen-bond acceptors (Lipinski definition) is 6. The highest BCUT2D eigenvalue weighted by Crippen LogP contribution is 2.28. The third kappa shape index (κ3) is 5.43. The number of piperidine rings is 1. The van der Waals surface area contributed by atoms with Crippen molar-refractivity contribution in [1.29, 1.82) is 0 Å². The number of hydrogen-bond donors (Lipinski definition) is 2. The molecule has 34 heavy (non-hydrogen) atoms. The summed E-state index contributed by atoms with van der Waals surface area (Å²) in [6, 6.07) is 7.08. The van der Waals surface area contributed by atoms with E-state index in [1.54, 1.807) is 12.1 Å². The molecule has 0 bridgehead atoms. The lowest BCUT2D eigenvalue weighted by Crippen LogP contribution is -2.48. The smallest absolute Gasteiger partial charge is 0.297 e. The molecule has 3 rings (SSSR count). The van der Waals surface area contributed by atoms with Crippen LogP contribution in [0.4, 0.5) is 4.39 Å². The standard InChI is InChI=1S/C24H25ClFN3O5/c1-14-17(19(30)20(31)23(33)28(2)3)12-18(21(25)27-14)22(32)29-10-8-24(34,9-11-29)13-15-4-6-16(26)7-5-15/h4-7,12,30,34H,1,8-11,13H2,2-3H3/b19-17-. The molecule has 0 aliphatic carbocycles. The largest absolute Gasteiger partial charge is 0.504 e. The zero-order valence-electron chi connectivity index (χ0n) is 18.8. The molecular weight excluding hydrogens is 465 g/mol. The molecule has 0 radical (unpaired) electrons. The highest BCUT2D eigenvalue weighted by molar-refractivity contribution is 6.49. The molecule has 1 aromatic heterocycles.